The molecule has 6 heteroatoms. The van der Waals surface area contributed by atoms with Crippen LogP contribution in [0.5, 0.6) is 0 Å². The van der Waals surface area contributed by atoms with Gasteiger partial charge in [-0.05, 0) is 57.8 Å². The summed E-state index contributed by atoms with van der Waals surface area (Å²) < 4.78 is 16.5. The Bertz CT molecular complexity index is 949. The quantitative estimate of drug-likeness (QED) is 0.0270. The van der Waals surface area contributed by atoms with Gasteiger partial charge in [-0.25, -0.2) is 0 Å². The predicted molar refractivity (Wildman–Crippen MR) is 224 cm³/mol. The van der Waals surface area contributed by atoms with Crippen LogP contribution in [0.15, 0.2) is 48.6 Å². The van der Waals surface area contributed by atoms with Crippen LogP contribution in [0.1, 0.15) is 213 Å². The lowest BCUT2D eigenvalue weighted by atomic mass is 10.0. The van der Waals surface area contributed by atoms with Crippen LogP contribution in [-0.2, 0) is 28.6 Å². The molecule has 0 bridgehead atoms. The van der Waals surface area contributed by atoms with Gasteiger partial charge in [0, 0.05) is 12.8 Å². The maximum absolute atomic E-state index is 12.7. The van der Waals surface area contributed by atoms with E-state index in [0.29, 0.717) is 12.8 Å². The van der Waals surface area contributed by atoms with E-state index in [1.165, 1.54) is 103 Å². The summed E-state index contributed by atoms with van der Waals surface area (Å²) in [6, 6.07) is 0. The smallest absolute Gasteiger partial charge is 0.309 e. The van der Waals surface area contributed by atoms with E-state index in [-0.39, 0.29) is 31.6 Å². The maximum atomic E-state index is 12.7. The standard InChI is InChI=1S/C47H82O6/c1-4-7-10-13-16-19-21-23-25-28-31-34-37-40-46(49)52-43-44(42-51-45(48)39-36-33-30-27-18-15-12-9-6-3)53-47(50)41-38-35-32-29-26-24-22-20-17-14-11-8-5-2/h9,12,18,23,25,27,33,36,44H,4-8,10-11,13-17,19-22,24,26,28-32,34-35,37-43H2,1-3H3/b12-9-,25-23-,27-18-,36-33-. The fraction of sp³-hybridized carbons (Fsp3) is 0.766. The Morgan fingerprint density at radius 3 is 1.32 bits per heavy atom. The van der Waals surface area contributed by atoms with Crippen LogP contribution in [0.25, 0.3) is 0 Å². The highest BCUT2D eigenvalue weighted by Crippen LogP contribution is 2.14. The summed E-state index contributed by atoms with van der Waals surface area (Å²) in [5, 5.41) is 0. The molecule has 0 amide bonds. The summed E-state index contributed by atoms with van der Waals surface area (Å²) >= 11 is 0. The van der Waals surface area contributed by atoms with Crippen LogP contribution in [0.4, 0.5) is 0 Å². The molecular formula is C47H82O6. The van der Waals surface area contributed by atoms with Crippen LogP contribution in [0, 0.1) is 0 Å². The van der Waals surface area contributed by atoms with Crippen molar-refractivity contribution >= 4 is 17.9 Å². The van der Waals surface area contributed by atoms with Crippen LogP contribution in [-0.4, -0.2) is 37.2 Å². The Morgan fingerprint density at radius 2 is 0.811 bits per heavy atom. The molecule has 0 saturated carbocycles. The molecule has 0 fully saturated rings. The van der Waals surface area contributed by atoms with Gasteiger partial charge in [0.25, 0.3) is 0 Å². The lowest BCUT2D eigenvalue weighted by Gasteiger charge is -2.18. The van der Waals surface area contributed by atoms with E-state index in [1.807, 2.05) is 6.08 Å². The van der Waals surface area contributed by atoms with Crippen LogP contribution >= 0.6 is 0 Å². The number of carbonyl (C=O) groups excluding carboxylic acids is 3. The fourth-order valence-corrected chi connectivity index (χ4v) is 6.03. The van der Waals surface area contributed by atoms with E-state index >= 15 is 0 Å². The van der Waals surface area contributed by atoms with Gasteiger partial charge in [-0.15, -0.1) is 0 Å². The average molecular weight is 743 g/mol. The molecule has 0 aliphatic rings. The number of unbranched alkanes of at least 4 members (excludes halogenated alkanes) is 21. The molecule has 0 aliphatic carbocycles. The third kappa shape index (κ3) is 40.4. The Balaban J connectivity index is 4.44. The molecule has 0 rings (SSSR count). The molecule has 0 saturated heterocycles. The molecule has 1 atom stereocenters. The predicted octanol–water partition coefficient (Wildman–Crippen LogP) is 14.0. The number of allylic oxidation sites excluding steroid dienone is 7. The van der Waals surface area contributed by atoms with Crippen molar-refractivity contribution in [2.45, 2.75) is 219 Å². The molecule has 0 aromatic heterocycles. The molecule has 53 heavy (non-hydrogen) atoms. The van der Waals surface area contributed by atoms with E-state index in [0.717, 1.165) is 70.6 Å². The van der Waals surface area contributed by atoms with Crippen molar-refractivity contribution < 1.29 is 28.6 Å². The van der Waals surface area contributed by atoms with Crippen LogP contribution < -0.4 is 0 Å². The maximum Gasteiger partial charge on any atom is 0.309 e. The molecule has 0 radical (unpaired) electrons. The number of hydrogen-bond acceptors (Lipinski definition) is 6. The zero-order chi connectivity index (χ0) is 38.7. The van der Waals surface area contributed by atoms with Crippen molar-refractivity contribution in [2.75, 3.05) is 13.2 Å². The van der Waals surface area contributed by atoms with Gasteiger partial charge in [0.2, 0.25) is 0 Å². The SMILES string of the molecule is CC/C=C\C/C=C\C/C=C\CC(=O)OCC(COC(=O)CCCCC/C=C\CCCCCCCC)OC(=O)CCCCCCCCCCCCCCC. The second-order valence-electron chi connectivity index (χ2n) is 14.6. The number of rotatable bonds is 39. The molecule has 0 aromatic carbocycles. The normalized spacial score (nSPS) is 12.4. The number of hydrogen-bond donors (Lipinski definition) is 0. The largest absolute Gasteiger partial charge is 0.462 e. The Kier molecular flexibility index (Phi) is 40.0. The monoisotopic (exact) mass is 743 g/mol. The van der Waals surface area contributed by atoms with Crippen LogP contribution in [0.3, 0.4) is 0 Å². The number of ether oxygens (including phenoxy) is 3. The van der Waals surface area contributed by atoms with Gasteiger partial charge in [0.05, 0.1) is 6.42 Å². The second-order valence-corrected chi connectivity index (χ2v) is 14.6. The van der Waals surface area contributed by atoms with Gasteiger partial charge in [0.15, 0.2) is 6.10 Å². The van der Waals surface area contributed by atoms with Crippen molar-refractivity contribution in [1.82, 2.24) is 0 Å². The second kappa shape index (κ2) is 42.1. The van der Waals surface area contributed by atoms with Crippen LogP contribution in [0.2, 0.25) is 0 Å². The summed E-state index contributed by atoms with van der Waals surface area (Å²) in [5.41, 5.74) is 0. The van der Waals surface area contributed by atoms with E-state index in [4.69, 9.17) is 14.2 Å². The van der Waals surface area contributed by atoms with Crippen molar-refractivity contribution in [2.24, 2.45) is 0 Å². The highest BCUT2D eigenvalue weighted by Gasteiger charge is 2.19. The summed E-state index contributed by atoms with van der Waals surface area (Å²) in [6.45, 7) is 6.39. The Morgan fingerprint density at radius 1 is 0.415 bits per heavy atom. The zero-order valence-electron chi connectivity index (χ0n) is 34.8. The van der Waals surface area contributed by atoms with E-state index in [2.05, 4.69) is 57.2 Å². The van der Waals surface area contributed by atoms with Gasteiger partial charge in [-0.1, -0.05) is 185 Å². The highest BCUT2D eigenvalue weighted by atomic mass is 16.6. The van der Waals surface area contributed by atoms with Gasteiger partial charge < -0.3 is 14.2 Å². The van der Waals surface area contributed by atoms with Gasteiger partial charge in [-0.3, -0.25) is 14.4 Å². The molecule has 0 aromatic rings. The summed E-state index contributed by atoms with van der Waals surface area (Å²) in [5.74, 6) is -1.05. The first kappa shape index (κ1) is 50.4. The van der Waals surface area contributed by atoms with E-state index in [1.54, 1.807) is 6.08 Å². The van der Waals surface area contributed by atoms with Gasteiger partial charge in [-0.2, -0.15) is 0 Å². The first-order valence-electron chi connectivity index (χ1n) is 22.1. The summed E-state index contributed by atoms with van der Waals surface area (Å²) in [4.78, 5) is 37.5. The minimum absolute atomic E-state index is 0.106. The molecule has 0 heterocycles. The van der Waals surface area contributed by atoms with Gasteiger partial charge >= 0.3 is 17.9 Å². The zero-order valence-corrected chi connectivity index (χ0v) is 34.8. The topological polar surface area (TPSA) is 78.9 Å². The molecule has 0 N–H and O–H groups in total. The molecule has 0 spiro atoms. The van der Waals surface area contributed by atoms with Crippen molar-refractivity contribution in [1.29, 1.82) is 0 Å². The third-order valence-corrected chi connectivity index (χ3v) is 9.35. The first-order chi connectivity index (χ1) is 26.0. The lowest BCUT2D eigenvalue weighted by Crippen LogP contribution is -2.30. The third-order valence-electron chi connectivity index (χ3n) is 9.35. The minimum atomic E-state index is -0.808. The molecule has 0 aliphatic heterocycles. The molecule has 306 valence electrons. The summed E-state index contributed by atoms with van der Waals surface area (Å²) in [7, 11) is 0. The average Bonchev–Trinajstić information content (AvgIpc) is 3.15. The lowest BCUT2D eigenvalue weighted by molar-refractivity contribution is -0.166. The molecule has 6 nitrogen and oxygen atoms in total. The number of carbonyl (C=O) groups is 3. The Labute approximate surface area is 327 Å². The summed E-state index contributed by atoms with van der Waals surface area (Å²) in [6.07, 6.45) is 48.4. The minimum Gasteiger partial charge on any atom is -0.462 e. The highest BCUT2D eigenvalue weighted by molar-refractivity contribution is 5.72. The Hall–Kier alpha value is -2.63. The fourth-order valence-electron chi connectivity index (χ4n) is 6.03. The first-order valence-corrected chi connectivity index (χ1v) is 22.1. The van der Waals surface area contributed by atoms with E-state index < -0.39 is 12.1 Å². The van der Waals surface area contributed by atoms with Crippen molar-refractivity contribution in [3.8, 4) is 0 Å². The van der Waals surface area contributed by atoms with Crippen molar-refractivity contribution in [3.63, 3.8) is 0 Å². The molecule has 1 unspecified atom stereocenters. The molecular weight excluding hydrogens is 661 g/mol. The van der Waals surface area contributed by atoms with Crippen molar-refractivity contribution in [3.05, 3.63) is 48.6 Å². The van der Waals surface area contributed by atoms with E-state index in [9.17, 15) is 14.4 Å². The van der Waals surface area contributed by atoms with Gasteiger partial charge in [0.1, 0.15) is 13.2 Å². The number of esters is 3.